The molecule has 10 heteroatoms. The van der Waals surface area contributed by atoms with Crippen molar-refractivity contribution in [3.8, 4) is 0 Å². The minimum Gasteiger partial charge on any atom is -0.361 e. The highest BCUT2D eigenvalue weighted by molar-refractivity contribution is 7.10. The molecule has 0 saturated carbocycles. The second-order valence-electron chi connectivity index (χ2n) is 7.07. The Kier molecular flexibility index (Phi) is 5.50. The summed E-state index contributed by atoms with van der Waals surface area (Å²) in [4.78, 5) is 13.5. The predicted molar refractivity (Wildman–Crippen MR) is 110 cm³/mol. The summed E-state index contributed by atoms with van der Waals surface area (Å²) >= 11 is 7.70. The van der Waals surface area contributed by atoms with Crippen molar-refractivity contribution >= 4 is 34.7 Å². The fourth-order valence-electron chi connectivity index (χ4n) is 3.50. The molecule has 4 rings (SSSR count). The van der Waals surface area contributed by atoms with Crippen LogP contribution in [0.1, 0.15) is 52.4 Å². The summed E-state index contributed by atoms with van der Waals surface area (Å²) in [6, 6.07) is 9.95. The van der Waals surface area contributed by atoms with Gasteiger partial charge in [0.2, 0.25) is 0 Å². The van der Waals surface area contributed by atoms with E-state index >= 15 is 0 Å². The van der Waals surface area contributed by atoms with Gasteiger partial charge in [0.15, 0.2) is 11.7 Å². The SMILES string of the molecule is C[C@@H](NC(=O)c1nn2c(c1Cl)N[C@@H](c1cccs1)C[C@@H]2C(F)(F)F)c1ccccc1. The number of nitrogens with zero attached hydrogens (tertiary/aromatic N) is 2. The number of hydrogen-bond donors (Lipinski definition) is 2. The molecule has 3 heterocycles. The molecule has 0 fully saturated rings. The van der Waals surface area contributed by atoms with Gasteiger partial charge in [0.1, 0.15) is 10.8 Å². The molecular formula is C20H18ClF3N4OS. The van der Waals surface area contributed by atoms with Gasteiger partial charge >= 0.3 is 6.18 Å². The van der Waals surface area contributed by atoms with Gasteiger partial charge in [-0.2, -0.15) is 18.3 Å². The highest BCUT2D eigenvalue weighted by atomic mass is 35.5. The quantitative estimate of drug-likeness (QED) is 0.527. The smallest absolute Gasteiger partial charge is 0.361 e. The Hall–Kier alpha value is -2.52. The van der Waals surface area contributed by atoms with E-state index < -0.39 is 24.2 Å². The number of carbonyl (C=O) groups excluding carboxylic acids is 1. The Morgan fingerprint density at radius 1 is 1.30 bits per heavy atom. The maximum absolute atomic E-state index is 13.8. The van der Waals surface area contributed by atoms with Gasteiger partial charge in [-0.15, -0.1) is 11.3 Å². The van der Waals surface area contributed by atoms with E-state index in [-0.39, 0.29) is 29.0 Å². The van der Waals surface area contributed by atoms with Crippen LogP contribution in [0.25, 0.3) is 0 Å². The van der Waals surface area contributed by atoms with Crippen LogP contribution in [0.15, 0.2) is 47.8 Å². The Balaban J connectivity index is 1.65. The number of anilines is 1. The van der Waals surface area contributed by atoms with Gasteiger partial charge in [0.25, 0.3) is 5.91 Å². The summed E-state index contributed by atoms with van der Waals surface area (Å²) in [5.41, 5.74) is 0.623. The zero-order valence-electron chi connectivity index (χ0n) is 15.8. The van der Waals surface area contributed by atoms with Crippen molar-refractivity contribution in [2.24, 2.45) is 0 Å². The molecule has 3 aromatic rings. The summed E-state index contributed by atoms with van der Waals surface area (Å²) < 4.78 is 42.1. The topological polar surface area (TPSA) is 59.0 Å². The van der Waals surface area contributed by atoms with Crippen molar-refractivity contribution in [3.63, 3.8) is 0 Å². The van der Waals surface area contributed by atoms with Gasteiger partial charge in [-0.25, -0.2) is 4.68 Å². The molecule has 2 aromatic heterocycles. The van der Waals surface area contributed by atoms with Crippen molar-refractivity contribution in [2.45, 2.75) is 37.6 Å². The van der Waals surface area contributed by atoms with Crippen LogP contribution in [-0.2, 0) is 0 Å². The largest absolute Gasteiger partial charge is 0.410 e. The number of fused-ring (bicyclic) bond motifs is 1. The molecule has 1 aromatic carbocycles. The Bertz CT molecular complexity index is 1040. The minimum absolute atomic E-state index is 0.00107. The Morgan fingerprint density at radius 3 is 2.67 bits per heavy atom. The maximum atomic E-state index is 13.8. The molecule has 30 heavy (non-hydrogen) atoms. The normalized spacial score (nSPS) is 19.6. The summed E-state index contributed by atoms with van der Waals surface area (Å²) in [6.07, 6.45) is -4.77. The van der Waals surface area contributed by atoms with E-state index in [1.165, 1.54) is 11.3 Å². The molecule has 0 aliphatic carbocycles. The highest BCUT2D eigenvalue weighted by Gasteiger charge is 2.48. The number of alkyl halides is 3. The fourth-order valence-corrected chi connectivity index (χ4v) is 4.56. The molecule has 1 amide bonds. The lowest BCUT2D eigenvalue weighted by atomic mass is 10.0. The summed E-state index contributed by atoms with van der Waals surface area (Å²) in [6.45, 7) is 1.78. The van der Waals surface area contributed by atoms with E-state index in [0.29, 0.717) is 0 Å². The first-order chi connectivity index (χ1) is 14.3. The van der Waals surface area contributed by atoms with Gasteiger partial charge < -0.3 is 10.6 Å². The van der Waals surface area contributed by atoms with Crippen molar-refractivity contribution in [2.75, 3.05) is 5.32 Å². The van der Waals surface area contributed by atoms with Crippen LogP contribution in [-0.4, -0.2) is 21.9 Å². The molecule has 0 saturated heterocycles. The van der Waals surface area contributed by atoms with Crippen molar-refractivity contribution in [1.82, 2.24) is 15.1 Å². The molecule has 2 N–H and O–H groups in total. The van der Waals surface area contributed by atoms with Crippen LogP contribution in [0.5, 0.6) is 0 Å². The van der Waals surface area contributed by atoms with Crippen LogP contribution < -0.4 is 10.6 Å². The van der Waals surface area contributed by atoms with Gasteiger partial charge in [0.05, 0.1) is 12.1 Å². The maximum Gasteiger partial charge on any atom is 0.410 e. The number of hydrogen-bond acceptors (Lipinski definition) is 4. The van der Waals surface area contributed by atoms with Crippen molar-refractivity contribution in [1.29, 1.82) is 0 Å². The average Bonchev–Trinajstić information content (AvgIpc) is 3.36. The first-order valence-corrected chi connectivity index (χ1v) is 10.5. The number of nitrogens with one attached hydrogen (secondary N) is 2. The predicted octanol–water partition coefficient (Wildman–Crippen LogP) is 5.75. The first kappa shape index (κ1) is 20.7. The first-order valence-electron chi connectivity index (χ1n) is 9.26. The Labute approximate surface area is 179 Å². The van der Waals surface area contributed by atoms with Crippen LogP contribution in [0.4, 0.5) is 19.0 Å². The molecule has 5 nitrogen and oxygen atoms in total. The molecule has 0 unspecified atom stereocenters. The standard InChI is InChI=1S/C20H18ClF3N4OS/c1-11(12-6-3-2-4-7-12)25-19(29)17-16(21)18-26-13(14-8-5-9-30-14)10-15(20(22,23)24)28(18)27-17/h2-9,11,13,15,26H,10H2,1H3,(H,25,29)/t11-,13-,15-/m1/s1. The molecule has 0 radical (unpaired) electrons. The molecule has 158 valence electrons. The second kappa shape index (κ2) is 7.96. The average molecular weight is 455 g/mol. The lowest BCUT2D eigenvalue weighted by molar-refractivity contribution is -0.173. The van der Waals surface area contributed by atoms with E-state index in [4.69, 9.17) is 11.6 Å². The van der Waals surface area contributed by atoms with Crippen LogP contribution >= 0.6 is 22.9 Å². The molecule has 3 atom stereocenters. The molecule has 0 bridgehead atoms. The van der Waals surface area contributed by atoms with E-state index in [0.717, 1.165) is 15.1 Å². The fraction of sp³-hybridized carbons (Fsp3) is 0.300. The van der Waals surface area contributed by atoms with Crippen LogP contribution in [0.3, 0.4) is 0 Å². The van der Waals surface area contributed by atoms with E-state index in [2.05, 4.69) is 15.7 Å². The lowest BCUT2D eigenvalue weighted by Crippen LogP contribution is -2.35. The van der Waals surface area contributed by atoms with E-state index in [9.17, 15) is 18.0 Å². The van der Waals surface area contributed by atoms with Crippen LogP contribution in [0, 0.1) is 0 Å². The lowest BCUT2D eigenvalue weighted by Gasteiger charge is -2.32. The number of benzene rings is 1. The molecular weight excluding hydrogens is 437 g/mol. The number of amides is 1. The van der Waals surface area contributed by atoms with Crippen LogP contribution in [0.2, 0.25) is 5.02 Å². The third-order valence-electron chi connectivity index (χ3n) is 5.04. The summed E-state index contributed by atoms with van der Waals surface area (Å²) in [5.74, 6) is -0.630. The third kappa shape index (κ3) is 3.91. The molecule has 1 aliphatic rings. The van der Waals surface area contributed by atoms with E-state index in [1.807, 2.05) is 30.3 Å². The number of thiophene rings is 1. The number of halogens is 4. The molecule has 0 spiro atoms. The number of aromatic nitrogens is 2. The highest BCUT2D eigenvalue weighted by Crippen LogP contribution is 2.46. The minimum atomic E-state index is -4.53. The summed E-state index contributed by atoms with van der Waals surface area (Å²) in [5, 5.41) is 11.4. The number of carbonyl (C=O) groups is 1. The number of rotatable bonds is 4. The molecule has 1 aliphatic heterocycles. The van der Waals surface area contributed by atoms with Crippen molar-refractivity contribution in [3.05, 3.63) is 69.0 Å². The van der Waals surface area contributed by atoms with E-state index in [1.54, 1.807) is 24.4 Å². The van der Waals surface area contributed by atoms with Crippen molar-refractivity contribution < 1.29 is 18.0 Å². The second-order valence-corrected chi connectivity index (χ2v) is 8.42. The zero-order valence-corrected chi connectivity index (χ0v) is 17.4. The van der Waals surface area contributed by atoms with Gasteiger partial charge in [0, 0.05) is 11.3 Å². The summed E-state index contributed by atoms with van der Waals surface area (Å²) in [7, 11) is 0. The van der Waals surface area contributed by atoms with Gasteiger partial charge in [-0.1, -0.05) is 48.0 Å². The monoisotopic (exact) mass is 454 g/mol. The van der Waals surface area contributed by atoms with Gasteiger partial charge in [-0.3, -0.25) is 4.79 Å². The Morgan fingerprint density at radius 2 is 2.03 bits per heavy atom. The zero-order chi connectivity index (χ0) is 21.5. The third-order valence-corrected chi connectivity index (χ3v) is 6.39. The van der Waals surface area contributed by atoms with Gasteiger partial charge in [-0.05, 0) is 23.9 Å².